The Hall–Kier alpha value is -0.380. The molecule has 1 spiro atoms. The zero-order valence-corrected chi connectivity index (χ0v) is 14.5. The Morgan fingerprint density at radius 1 is 1.19 bits per heavy atom. The second kappa shape index (κ2) is 6.39. The summed E-state index contributed by atoms with van der Waals surface area (Å²) in [5, 5.41) is 6.18. The standard InChI is InChI=1S/C18H30N2S/c1-3-17(4-2)15-20(13-16-9-8-12-21-16)18(14-19-17)10-6-5-7-11-18/h8-9,12,19H,3-7,10-11,13-15H2,1-2H3. The molecule has 3 rings (SSSR count). The zero-order valence-electron chi connectivity index (χ0n) is 13.7. The van der Waals surface area contributed by atoms with E-state index in [0.717, 1.165) is 6.54 Å². The van der Waals surface area contributed by atoms with Crippen molar-refractivity contribution in [2.75, 3.05) is 13.1 Å². The van der Waals surface area contributed by atoms with Gasteiger partial charge in [-0.3, -0.25) is 4.90 Å². The minimum atomic E-state index is 0.333. The molecule has 2 nitrogen and oxygen atoms in total. The highest BCUT2D eigenvalue weighted by Crippen LogP contribution is 2.39. The molecule has 2 heterocycles. The first-order chi connectivity index (χ1) is 10.2. The molecular formula is C18H30N2S. The van der Waals surface area contributed by atoms with Gasteiger partial charge in [0.15, 0.2) is 0 Å². The summed E-state index contributed by atoms with van der Waals surface area (Å²) in [6.45, 7) is 8.26. The van der Waals surface area contributed by atoms with Crippen LogP contribution in [0.25, 0.3) is 0 Å². The Morgan fingerprint density at radius 3 is 2.57 bits per heavy atom. The molecule has 1 saturated carbocycles. The van der Waals surface area contributed by atoms with E-state index in [1.165, 1.54) is 62.9 Å². The van der Waals surface area contributed by atoms with E-state index in [1.807, 2.05) is 11.3 Å². The van der Waals surface area contributed by atoms with Gasteiger partial charge in [-0.2, -0.15) is 0 Å². The molecule has 0 aromatic carbocycles. The molecule has 1 saturated heterocycles. The first-order valence-corrected chi connectivity index (χ1v) is 9.62. The van der Waals surface area contributed by atoms with Gasteiger partial charge in [-0.05, 0) is 37.1 Å². The molecule has 0 atom stereocenters. The van der Waals surface area contributed by atoms with Gasteiger partial charge in [0.1, 0.15) is 0 Å². The Morgan fingerprint density at radius 2 is 1.95 bits per heavy atom. The third-order valence-electron chi connectivity index (χ3n) is 6.02. The summed E-state index contributed by atoms with van der Waals surface area (Å²) in [5.74, 6) is 0. The number of thiophene rings is 1. The summed E-state index contributed by atoms with van der Waals surface area (Å²) in [6, 6.07) is 4.51. The molecule has 1 aliphatic carbocycles. The van der Waals surface area contributed by atoms with E-state index in [1.54, 1.807) is 0 Å². The lowest BCUT2D eigenvalue weighted by molar-refractivity contribution is -0.0270. The maximum atomic E-state index is 3.96. The van der Waals surface area contributed by atoms with E-state index in [4.69, 9.17) is 0 Å². The SMILES string of the molecule is CCC1(CC)CN(Cc2cccs2)C2(CCCCC2)CN1. The molecule has 1 aromatic heterocycles. The minimum Gasteiger partial charge on any atom is -0.308 e. The van der Waals surface area contributed by atoms with Gasteiger partial charge in [-0.25, -0.2) is 0 Å². The summed E-state index contributed by atoms with van der Waals surface area (Å²) in [7, 11) is 0. The lowest BCUT2D eigenvalue weighted by Gasteiger charge is -2.56. The van der Waals surface area contributed by atoms with Gasteiger partial charge in [0.2, 0.25) is 0 Å². The molecule has 118 valence electrons. The fourth-order valence-electron chi connectivity index (χ4n) is 4.29. The van der Waals surface area contributed by atoms with E-state index in [9.17, 15) is 0 Å². The number of piperazine rings is 1. The molecule has 21 heavy (non-hydrogen) atoms. The average Bonchev–Trinajstić information content (AvgIpc) is 3.04. The summed E-state index contributed by atoms with van der Waals surface area (Å²) in [6.07, 6.45) is 9.49. The van der Waals surface area contributed by atoms with Gasteiger partial charge in [-0.1, -0.05) is 39.2 Å². The second-order valence-electron chi connectivity index (χ2n) is 7.06. The molecular weight excluding hydrogens is 276 g/mol. The van der Waals surface area contributed by atoms with Crippen molar-refractivity contribution in [1.29, 1.82) is 0 Å². The van der Waals surface area contributed by atoms with E-state index >= 15 is 0 Å². The van der Waals surface area contributed by atoms with Crippen molar-refractivity contribution in [3.63, 3.8) is 0 Å². The third-order valence-corrected chi connectivity index (χ3v) is 6.88. The van der Waals surface area contributed by atoms with Crippen molar-refractivity contribution in [2.45, 2.75) is 76.4 Å². The van der Waals surface area contributed by atoms with Gasteiger partial charge < -0.3 is 5.32 Å². The van der Waals surface area contributed by atoms with Gasteiger partial charge in [-0.15, -0.1) is 11.3 Å². The number of nitrogens with zero attached hydrogens (tertiary/aromatic N) is 1. The van der Waals surface area contributed by atoms with Gasteiger partial charge in [0, 0.05) is 35.6 Å². The van der Waals surface area contributed by atoms with Crippen LogP contribution in [0.5, 0.6) is 0 Å². The van der Waals surface area contributed by atoms with Crippen LogP contribution in [-0.2, 0) is 6.54 Å². The molecule has 0 radical (unpaired) electrons. The molecule has 2 fully saturated rings. The van der Waals surface area contributed by atoms with Crippen molar-refractivity contribution in [1.82, 2.24) is 10.2 Å². The van der Waals surface area contributed by atoms with E-state index < -0.39 is 0 Å². The van der Waals surface area contributed by atoms with Crippen LogP contribution in [0.3, 0.4) is 0 Å². The van der Waals surface area contributed by atoms with Crippen LogP contribution in [0.15, 0.2) is 17.5 Å². The van der Waals surface area contributed by atoms with Crippen LogP contribution in [0.2, 0.25) is 0 Å². The number of hydrogen-bond acceptors (Lipinski definition) is 3. The van der Waals surface area contributed by atoms with Crippen LogP contribution >= 0.6 is 11.3 Å². The lowest BCUT2D eigenvalue weighted by atomic mass is 9.75. The number of rotatable bonds is 4. The lowest BCUT2D eigenvalue weighted by Crippen LogP contribution is -2.69. The van der Waals surface area contributed by atoms with E-state index in [-0.39, 0.29) is 0 Å². The highest BCUT2D eigenvalue weighted by atomic mass is 32.1. The predicted molar refractivity (Wildman–Crippen MR) is 91.9 cm³/mol. The quantitative estimate of drug-likeness (QED) is 0.886. The number of hydrogen-bond donors (Lipinski definition) is 1. The molecule has 1 aromatic rings. The third kappa shape index (κ3) is 3.06. The Bertz CT molecular complexity index is 430. The fraction of sp³-hybridized carbons (Fsp3) is 0.778. The first-order valence-electron chi connectivity index (χ1n) is 8.74. The molecule has 0 amide bonds. The fourth-order valence-corrected chi connectivity index (χ4v) is 5.01. The van der Waals surface area contributed by atoms with Gasteiger partial charge >= 0.3 is 0 Å². The van der Waals surface area contributed by atoms with Crippen molar-refractivity contribution < 1.29 is 0 Å². The summed E-state index contributed by atoms with van der Waals surface area (Å²) in [5.41, 5.74) is 0.760. The van der Waals surface area contributed by atoms with Crippen molar-refractivity contribution in [3.8, 4) is 0 Å². The van der Waals surface area contributed by atoms with E-state index in [0.29, 0.717) is 11.1 Å². The normalized spacial score (nSPS) is 25.2. The predicted octanol–water partition coefficient (Wildman–Crippen LogP) is 4.42. The monoisotopic (exact) mass is 306 g/mol. The first kappa shape index (κ1) is 15.5. The maximum Gasteiger partial charge on any atom is 0.0338 e. The van der Waals surface area contributed by atoms with Crippen LogP contribution in [-0.4, -0.2) is 29.1 Å². The topological polar surface area (TPSA) is 15.3 Å². The summed E-state index contributed by atoms with van der Waals surface area (Å²) >= 11 is 1.92. The highest BCUT2D eigenvalue weighted by molar-refractivity contribution is 7.09. The summed E-state index contributed by atoms with van der Waals surface area (Å²) < 4.78 is 0. The second-order valence-corrected chi connectivity index (χ2v) is 8.09. The largest absolute Gasteiger partial charge is 0.308 e. The van der Waals surface area contributed by atoms with Gasteiger partial charge in [0.05, 0.1) is 0 Å². The zero-order chi connectivity index (χ0) is 14.8. The molecule has 0 bridgehead atoms. The van der Waals surface area contributed by atoms with Crippen molar-refractivity contribution in [3.05, 3.63) is 22.4 Å². The average molecular weight is 307 g/mol. The maximum absolute atomic E-state index is 3.96. The Labute approximate surface area is 133 Å². The number of nitrogens with one attached hydrogen (secondary N) is 1. The Kier molecular flexibility index (Phi) is 4.72. The molecule has 0 unspecified atom stereocenters. The highest BCUT2D eigenvalue weighted by Gasteiger charge is 2.46. The smallest absolute Gasteiger partial charge is 0.0338 e. The molecule has 2 aliphatic rings. The summed E-state index contributed by atoms with van der Waals surface area (Å²) in [4.78, 5) is 4.38. The van der Waals surface area contributed by atoms with Crippen LogP contribution in [0.4, 0.5) is 0 Å². The van der Waals surface area contributed by atoms with Crippen molar-refractivity contribution in [2.24, 2.45) is 0 Å². The van der Waals surface area contributed by atoms with E-state index in [2.05, 4.69) is 41.6 Å². The molecule has 3 heteroatoms. The van der Waals surface area contributed by atoms with Crippen LogP contribution in [0, 0.1) is 0 Å². The molecule has 1 aliphatic heterocycles. The Balaban J connectivity index is 1.82. The van der Waals surface area contributed by atoms with Gasteiger partial charge in [0.25, 0.3) is 0 Å². The van der Waals surface area contributed by atoms with Crippen LogP contribution < -0.4 is 5.32 Å². The van der Waals surface area contributed by atoms with Crippen LogP contribution in [0.1, 0.15) is 63.7 Å². The molecule has 1 N–H and O–H groups in total. The minimum absolute atomic E-state index is 0.333. The van der Waals surface area contributed by atoms with Crippen molar-refractivity contribution >= 4 is 11.3 Å².